The summed E-state index contributed by atoms with van der Waals surface area (Å²) in [7, 11) is 0. The number of nitrogens with one attached hydrogen (secondary N) is 2. The van der Waals surface area contributed by atoms with Crippen LogP contribution in [-0.2, 0) is 24.0 Å². The SMILES string of the molecule is Cc1cc(N[C@H]2CCC(=O)N3CCC[C@@H](C(=O)N[C@H](C=O)CC(=O)O)N3C2=O)cc(C)c1O. The molecule has 2 aliphatic heterocycles. The van der Waals surface area contributed by atoms with Gasteiger partial charge in [-0.1, -0.05) is 0 Å². The summed E-state index contributed by atoms with van der Waals surface area (Å²) in [5.74, 6) is -2.53. The molecule has 0 unspecified atom stereocenters. The Labute approximate surface area is 190 Å². The number of benzene rings is 1. The van der Waals surface area contributed by atoms with Crippen molar-refractivity contribution in [2.75, 3.05) is 11.9 Å². The molecule has 2 aliphatic rings. The van der Waals surface area contributed by atoms with Crippen LogP contribution in [0.5, 0.6) is 5.75 Å². The molecule has 11 heteroatoms. The number of aryl methyl sites for hydroxylation is 2. The molecule has 2 fully saturated rings. The lowest BCUT2D eigenvalue weighted by Gasteiger charge is -2.43. The molecule has 3 amide bonds. The minimum absolute atomic E-state index is 0.0975. The number of hydrogen-bond acceptors (Lipinski definition) is 7. The molecule has 2 heterocycles. The van der Waals surface area contributed by atoms with Gasteiger partial charge in [-0.3, -0.25) is 24.2 Å². The van der Waals surface area contributed by atoms with Crippen molar-refractivity contribution in [3.63, 3.8) is 0 Å². The number of carbonyl (C=O) groups is 5. The number of hydrazine groups is 1. The zero-order chi connectivity index (χ0) is 24.3. The van der Waals surface area contributed by atoms with Crippen LogP contribution in [0.4, 0.5) is 5.69 Å². The van der Waals surface area contributed by atoms with E-state index in [2.05, 4.69) is 10.6 Å². The molecule has 1 aromatic rings. The second-order valence-electron chi connectivity index (χ2n) is 8.40. The Balaban J connectivity index is 1.85. The fraction of sp³-hybridized carbons (Fsp3) is 0.500. The maximum atomic E-state index is 13.5. The van der Waals surface area contributed by atoms with Gasteiger partial charge in [0.15, 0.2) is 0 Å². The first-order valence-corrected chi connectivity index (χ1v) is 10.8. The monoisotopic (exact) mass is 460 g/mol. The number of nitrogens with zero attached hydrogens (tertiary/aromatic N) is 2. The first-order chi connectivity index (χ1) is 15.6. The Morgan fingerprint density at radius 1 is 1.21 bits per heavy atom. The standard InChI is InChI=1S/C22H28N4O7/c1-12-8-14(9-13(2)20(12)31)23-16-5-6-18(28)25-7-3-4-17(26(25)22(16)33)21(32)24-15(11-27)10-19(29)30/h8-9,11,15-17,23,31H,3-7,10H2,1-2H3,(H,24,32)(H,29,30)/t15-,16-,17-/m0/s1. The molecule has 11 nitrogen and oxygen atoms in total. The van der Waals surface area contributed by atoms with Crippen molar-refractivity contribution >= 4 is 35.7 Å². The van der Waals surface area contributed by atoms with Gasteiger partial charge in [0.1, 0.15) is 24.1 Å². The Morgan fingerprint density at radius 2 is 1.88 bits per heavy atom. The first-order valence-electron chi connectivity index (χ1n) is 10.8. The molecule has 3 rings (SSSR count). The van der Waals surface area contributed by atoms with Crippen molar-refractivity contribution < 1.29 is 34.2 Å². The van der Waals surface area contributed by atoms with Gasteiger partial charge in [-0.25, -0.2) is 5.01 Å². The number of carboxylic acid groups (broad SMARTS) is 1. The molecule has 4 N–H and O–H groups in total. The number of rotatable bonds is 7. The summed E-state index contributed by atoms with van der Waals surface area (Å²) in [6.45, 7) is 3.75. The summed E-state index contributed by atoms with van der Waals surface area (Å²) in [6.07, 6.45) is 0.815. The smallest absolute Gasteiger partial charge is 0.305 e. The van der Waals surface area contributed by atoms with E-state index in [1.54, 1.807) is 26.0 Å². The number of aliphatic carboxylic acids is 1. The fourth-order valence-corrected chi connectivity index (χ4v) is 4.25. The molecule has 3 atom stereocenters. The van der Waals surface area contributed by atoms with E-state index in [4.69, 9.17) is 5.11 Å². The van der Waals surface area contributed by atoms with E-state index in [0.29, 0.717) is 29.5 Å². The number of phenols is 1. The Bertz CT molecular complexity index is 956. The van der Waals surface area contributed by atoms with Crippen molar-refractivity contribution in [2.45, 2.75) is 64.1 Å². The molecule has 0 spiro atoms. The number of carboxylic acids is 1. The third-order valence-corrected chi connectivity index (χ3v) is 5.88. The van der Waals surface area contributed by atoms with Crippen LogP contribution in [0.15, 0.2) is 12.1 Å². The van der Waals surface area contributed by atoms with Crippen LogP contribution in [0.2, 0.25) is 0 Å². The largest absolute Gasteiger partial charge is 0.507 e. The van der Waals surface area contributed by atoms with E-state index in [1.165, 1.54) is 5.01 Å². The van der Waals surface area contributed by atoms with E-state index < -0.39 is 42.3 Å². The Morgan fingerprint density at radius 3 is 2.48 bits per heavy atom. The molecule has 0 aliphatic carbocycles. The van der Waals surface area contributed by atoms with E-state index in [9.17, 15) is 29.1 Å². The van der Waals surface area contributed by atoms with Gasteiger partial charge >= 0.3 is 5.97 Å². The Hall–Kier alpha value is -3.63. The highest BCUT2D eigenvalue weighted by atomic mass is 16.4. The van der Waals surface area contributed by atoms with Crippen LogP contribution in [0, 0.1) is 13.8 Å². The molecule has 0 aromatic heterocycles. The van der Waals surface area contributed by atoms with Crippen molar-refractivity contribution in [3.05, 3.63) is 23.3 Å². The molecule has 0 radical (unpaired) electrons. The highest BCUT2D eigenvalue weighted by Crippen LogP contribution is 2.29. The van der Waals surface area contributed by atoms with Gasteiger partial charge in [-0.2, -0.15) is 0 Å². The van der Waals surface area contributed by atoms with Crippen LogP contribution in [-0.4, -0.2) is 74.9 Å². The molecule has 0 bridgehead atoms. The van der Waals surface area contributed by atoms with Gasteiger partial charge in [0.2, 0.25) is 11.8 Å². The predicted molar refractivity (Wildman–Crippen MR) is 116 cm³/mol. The van der Waals surface area contributed by atoms with Gasteiger partial charge in [0, 0.05) is 18.7 Å². The minimum atomic E-state index is -1.25. The summed E-state index contributed by atoms with van der Waals surface area (Å²) >= 11 is 0. The van der Waals surface area contributed by atoms with Gasteiger partial charge < -0.3 is 25.6 Å². The summed E-state index contributed by atoms with van der Waals surface area (Å²) in [5, 5.41) is 26.8. The average Bonchev–Trinajstić information content (AvgIpc) is 2.88. The van der Waals surface area contributed by atoms with Crippen LogP contribution < -0.4 is 10.6 Å². The molecule has 0 saturated carbocycles. The van der Waals surface area contributed by atoms with Gasteiger partial charge in [-0.05, 0) is 56.4 Å². The zero-order valence-electron chi connectivity index (χ0n) is 18.5. The number of aldehydes is 1. The predicted octanol–water partition coefficient (Wildman–Crippen LogP) is 0.476. The van der Waals surface area contributed by atoms with Gasteiger partial charge in [0.05, 0.1) is 12.5 Å². The highest BCUT2D eigenvalue weighted by molar-refractivity contribution is 5.95. The third kappa shape index (κ3) is 5.24. The fourth-order valence-electron chi connectivity index (χ4n) is 4.25. The van der Waals surface area contributed by atoms with Crippen LogP contribution in [0.1, 0.15) is 43.2 Å². The van der Waals surface area contributed by atoms with Gasteiger partial charge in [0.25, 0.3) is 5.91 Å². The second kappa shape index (κ2) is 9.88. The third-order valence-electron chi connectivity index (χ3n) is 5.88. The number of aromatic hydroxyl groups is 1. The molecular formula is C22H28N4O7. The molecule has 1 aromatic carbocycles. The van der Waals surface area contributed by atoms with Crippen LogP contribution in [0.25, 0.3) is 0 Å². The number of amides is 3. The summed E-state index contributed by atoms with van der Waals surface area (Å²) < 4.78 is 0. The summed E-state index contributed by atoms with van der Waals surface area (Å²) in [5.41, 5.74) is 1.86. The maximum Gasteiger partial charge on any atom is 0.305 e. The normalized spacial score (nSPS) is 21.6. The molecule has 33 heavy (non-hydrogen) atoms. The summed E-state index contributed by atoms with van der Waals surface area (Å²) in [4.78, 5) is 61.3. The minimum Gasteiger partial charge on any atom is -0.507 e. The number of fused-ring (bicyclic) bond motifs is 1. The van der Waals surface area contributed by atoms with Crippen LogP contribution in [0.3, 0.4) is 0 Å². The zero-order valence-corrected chi connectivity index (χ0v) is 18.5. The molecular weight excluding hydrogens is 432 g/mol. The van der Waals surface area contributed by atoms with E-state index >= 15 is 0 Å². The summed E-state index contributed by atoms with van der Waals surface area (Å²) in [6, 6.07) is 0.316. The van der Waals surface area contributed by atoms with Crippen molar-refractivity contribution in [1.29, 1.82) is 0 Å². The lowest BCUT2D eigenvalue weighted by atomic mass is 10.0. The quantitative estimate of drug-likeness (QED) is 0.338. The average molecular weight is 460 g/mol. The molecule has 2 saturated heterocycles. The number of anilines is 1. The van der Waals surface area contributed by atoms with Gasteiger partial charge in [-0.15, -0.1) is 0 Å². The topological polar surface area (TPSA) is 156 Å². The van der Waals surface area contributed by atoms with E-state index in [0.717, 1.165) is 5.01 Å². The van der Waals surface area contributed by atoms with E-state index in [-0.39, 0.29) is 37.5 Å². The molecule has 178 valence electrons. The Kier molecular flexibility index (Phi) is 7.19. The lowest BCUT2D eigenvalue weighted by molar-refractivity contribution is -0.175. The van der Waals surface area contributed by atoms with E-state index in [1.807, 2.05) is 0 Å². The maximum absolute atomic E-state index is 13.5. The lowest BCUT2D eigenvalue weighted by Crippen LogP contribution is -2.63. The van der Waals surface area contributed by atoms with Crippen molar-refractivity contribution in [1.82, 2.24) is 15.3 Å². The number of phenolic OH excluding ortho intramolecular Hbond substituents is 1. The van der Waals surface area contributed by atoms with Crippen molar-refractivity contribution in [2.24, 2.45) is 0 Å². The highest BCUT2D eigenvalue weighted by Gasteiger charge is 2.44. The number of carbonyl (C=O) groups excluding carboxylic acids is 4. The van der Waals surface area contributed by atoms with Crippen molar-refractivity contribution in [3.8, 4) is 5.75 Å². The first kappa shape index (κ1) is 24.0. The second-order valence-corrected chi connectivity index (χ2v) is 8.40. The number of hydrogen-bond donors (Lipinski definition) is 4. The van der Waals surface area contributed by atoms with Crippen LogP contribution >= 0.6 is 0 Å².